The topological polar surface area (TPSA) is 38.7 Å². The van der Waals surface area contributed by atoms with Gasteiger partial charge in [0.15, 0.2) is 0 Å². The number of carbonyl (C=O) groups excluding carboxylic acids is 1. The summed E-state index contributed by atoms with van der Waals surface area (Å²) in [4.78, 5) is 16.6. The molecule has 0 aromatic carbocycles. The smallest absolute Gasteiger partial charge is 0.309 e. The number of nitrogens with zero attached hydrogens (tertiary/aromatic N) is 1. The van der Waals surface area contributed by atoms with Gasteiger partial charge in [-0.3, -0.25) is 9.79 Å². The molecular formula is C21H39NO2. The lowest BCUT2D eigenvalue weighted by molar-refractivity contribution is -0.148. The van der Waals surface area contributed by atoms with E-state index in [0.29, 0.717) is 6.61 Å². The maximum Gasteiger partial charge on any atom is 0.309 e. The van der Waals surface area contributed by atoms with Crippen LogP contribution in [-0.2, 0) is 9.53 Å². The van der Waals surface area contributed by atoms with E-state index in [9.17, 15) is 4.79 Å². The first-order valence-corrected chi connectivity index (χ1v) is 10.5. The van der Waals surface area contributed by atoms with Gasteiger partial charge in [-0.1, -0.05) is 77.0 Å². The highest BCUT2D eigenvalue weighted by atomic mass is 16.5. The molecule has 0 saturated heterocycles. The van der Waals surface area contributed by atoms with Gasteiger partial charge in [0.1, 0.15) is 0 Å². The highest BCUT2D eigenvalue weighted by Crippen LogP contribution is 2.17. The molecule has 1 aliphatic rings. The predicted molar refractivity (Wildman–Crippen MR) is 103 cm³/mol. The lowest BCUT2D eigenvalue weighted by Crippen LogP contribution is -2.18. The van der Waals surface area contributed by atoms with Gasteiger partial charge in [-0.05, 0) is 32.4 Å². The molecule has 0 spiro atoms. The summed E-state index contributed by atoms with van der Waals surface area (Å²) in [6, 6.07) is 0. The van der Waals surface area contributed by atoms with E-state index in [4.69, 9.17) is 4.74 Å². The monoisotopic (exact) mass is 337 g/mol. The molecule has 0 N–H and O–H groups in total. The molecule has 3 heteroatoms. The fraction of sp³-hybridized carbons (Fsp3) is 0.905. The molecule has 0 aromatic heterocycles. The zero-order chi connectivity index (χ0) is 17.3. The van der Waals surface area contributed by atoms with Crippen molar-refractivity contribution in [2.75, 3.05) is 13.2 Å². The number of carbonyl (C=O) groups is 1. The van der Waals surface area contributed by atoms with Crippen LogP contribution in [0.5, 0.6) is 0 Å². The van der Waals surface area contributed by atoms with Crippen LogP contribution in [0.15, 0.2) is 4.99 Å². The maximum absolute atomic E-state index is 12.1. The van der Waals surface area contributed by atoms with Crippen LogP contribution in [-0.4, -0.2) is 25.3 Å². The fourth-order valence-corrected chi connectivity index (χ4v) is 3.42. The van der Waals surface area contributed by atoms with E-state index in [0.717, 1.165) is 25.8 Å². The van der Waals surface area contributed by atoms with Crippen molar-refractivity contribution < 1.29 is 9.53 Å². The van der Waals surface area contributed by atoms with Crippen LogP contribution >= 0.6 is 0 Å². The number of aliphatic imine (C=N–C) groups is 1. The van der Waals surface area contributed by atoms with Crippen molar-refractivity contribution in [3.63, 3.8) is 0 Å². The molecule has 0 radical (unpaired) electrons. The summed E-state index contributed by atoms with van der Waals surface area (Å²) in [7, 11) is 0. The van der Waals surface area contributed by atoms with Crippen LogP contribution in [0.25, 0.3) is 0 Å². The third-order valence-electron chi connectivity index (χ3n) is 4.98. The number of hydrogen-bond acceptors (Lipinski definition) is 3. The van der Waals surface area contributed by atoms with Crippen molar-refractivity contribution in [2.24, 2.45) is 10.9 Å². The minimum atomic E-state index is -0.0326. The van der Waals surface area contributed by atoms with Crippen LogP contribution in [0.4, 0.5) is 0 Å². The lowest BCUT2D eigenvalue weighted by Gasteiger charge is -2.13. The second-order valence-corrected chi connectivity index (χ2v) is 7.16. The Bertz CT molecular complexity index is 328. The van der Waals surface area contributed by atoms with Crippen LogP contribution in [0.2, 0.25) is 0 Å². The van der Waals surface area contributed by atoms with Crippen LogP contribution < -0.4 is 0 Å². The van der Waals surface area contributed by atoms with Crippen LogP contribution in [0.1, 0.15) is 103 Å². The second-order valence-electron chi connectivity index (χ2n) is 7.16. The molecule has 1 heterocycles. The Hall–Kier alpha value is -0.860. The average Bonchev–Trinajstić information content (AvgIpc) is 2.58. The molecule has 140 valence electrons. The quantitative estimate of drug-likeness (QED) is 0.571. The molecule has 0 fully saturated rings. The van der Waals surface area contributed by atoms with E-state index in [1.165, 1.54) is 77.0 Å². The zero-order valence-corrected chi connectivity index (χ0v) is 15.9. The van der Waals surface area contributed by atoms with Crippen molar-refractivity contribution in [1.29, 1.82) is 0 Å². The van der Waals surface area contributed by atoms with E-state index in [1.807, 2.05) is 13.1 Å². The first-order valence-electron chi connectivity index (χ1n) is 10.5. The number of esters is 1. The predicted octanol–water partition coefficient (Wildman–Crippen LogP) is 6.10. The van der Waals surface area contributed by atoms with E-state index >= 15 is 0 Å². The van der Waals surface area contributed by atoms with Gasteiger partial charge in [0, 0.05) is 6.54 Å². The Kier molecular flexibility index (Phi) is 13.8. The number of rotatable bonds is 2. The minimum absolute atomic E-state index is 0.00998. The Labute approximate surface area is 149 Å². The molecule has 0 amide bonds. The van der Waals surface area contributed by atoms with E-state index in [-0.39, 0.29) is 11.9 Å². The summed E-state index contributed by atoms with van der Waals surface area (Å²) >= 11 is 0. The lowest BCUT2D eigenvalue weighted by atomic mass is 9.97. The molecule has 3 nitrogen and oxygen atoms in total. The fourth-order valence-electron chi connectivity index (χ4n) is 3.42. The number of hydrogen-bond donors (Lipinski definition) is 0. The van der Waals surface area contributed by atoms with Gasteiger partial charge in [0.05, 0.1) is 12.5 Å². The van der Waals surface area contributed by atoms with Crippen molar-refractivity contribution in [3.8, 4) is 0 Å². The second kappa shape index (κ2) is 15.7. The van der Waals surface area contributed by atoms with E-state index < -0.39 is 0 Å². The summed E-state index contributed by atoms with van der Waals surface area (Å²) in [5.41, 5.74) is 0. The molecule has 0 saturated carbocycles. The summed E-state index contributed by atoms with van der Waals surface area (Å²) < 4.78 is 5.23. The Balaban J connectivity index is 2.37. The van der Waals surface area contributed by atoms with E-state index in [2.05, 4.69) is 4.99 Å². The highest BCUT2D eigenvalue weighted by molar-refractivity contribution is 5.76. The first kappa shape index (κ1) is 21.2. The Morgan fingerprint density at radius 3 is 1.92 bits per heavy atom. The van der Waals surface area contributed by atoms with Crippen molar-refractivity contribution in [3.05, 3.63) is 0 Å². The molecule has 1 atom stereocenters. The SMILES string of the molecule is CCOC(=O)C1CC=NCCCCCCCCCCCCCCC1. The molecule has 0 bridgehead atoms. The van der Waals surface area contributed by atoms with Gasteiger partial charge in [0.2, 0.25) is 0 Å². The highest BCUT2D eigenvalue weighted by Gasteiger charge is 2.18. The molecule has 0 aromatic rings. The van der Waals surface area contributed by atoms with Gasteiger partial charge < -0.3 is 4.74 Å². The normalized spacial score (nSPS) is 23.6. The molecular weight excluding hydrogens is 298 g/mol. The van der Waals surface area contributed by atoms with Gasteiger partial charge >= 0.3 is 5.97 Å². The maximum atomic E-state index is 12.1. The van der Waals surface area contributed by atoms with Gasteiger partial charge in [-0.2, -0.15) is 0 Å². The molecule has 1 unspecified atom stereocenters. The molecule has 24 heavy (non-hydrogen) atoms. The molecule has 1 rings (SSSR count). The van der Waals surface area contributed by atoms with Crippen molar-refractivity contribution in [1.82, 2.24) is 0 Å². The standard InChI is InChI=1S/C21H39NO2/c1-2-24-21(23)20-16-14-12-10-8-6-4-3-5-7-9-11-13-15-18-22-19-17-20/h19-20H,2-18H2,1H3. The van der Waals surface area contributed by atoms with E-state index in [1.54, 1.807) is 0 Å². The summed E-state index contributed by atoms with van der Waals surface area (Å²) in [5, 5.41) is 0. The Morgan fingerprint density at radius 1 is 0.875 bits per heavy atom. The average molecular weight is 338 g/mol. The summed E-state index contributed by atoms with van der Waals surface area (Å²) in [6.07, 6.45) is 20.9. The minimum Gasteiger partial charge on any atom is -0.466 e. The Morgan fingerprint density at radius 2 is 1.38 bits per heavy atom. The van der Waals surface area contributed by atoms with Crippen molar-refractivity contribution >= 4 is 12.2 Å². The van der Waals surface area contributed by atoms with Crippen LogP contribution in [0, 0.1) is 5.92 Å². The molecule has 0 aliphatic carbocycles. The number of ether oxygens (including phenoxy) is 1. The van der Waals surface area contributed by atoms with Crippen molar-refractivity contribution in [2.45, 2.75) is 103 Å². The largest absolute Gasteiger partial charge is 0.466 e. The summed E-state index contributed by atoms with van der Waals surface area (Å²) in [5.74, 6) is -0.0226. The van der Waals surface area contributed by atoms with Crippen LogP contribution in [0.3, 0.4) is 0 Å². The van der Waals surface area contributed by atoms with Gasteiger partial charge in [0.25, 0.3) is 0 Å². The molecule has 1 aliphatic heterocycles. The van der Waals surface area contributed by atoms with Gasteiger partial charge in [-0.15, -0.1) is 0 Å². The summed E-state index contributed by atoms with van der Waals surface area (Å²) in [6.45, 7) is 3.28. The third kappa shape index (κ3) is 11.6. The first-order chi connectivity index (χ1) is 11.8. The zero-order valence-electron chi connectivity index (χ0n) is 15.9. The third-order valence-corrected chi connectivity index (χ3v) is 4.98. The van der Waals surface area contributed by atoms with Gasteiger partial charge in [-0.25, -0.2) is 0 Å².